The Morgan fingerprint density at radius 3 is 2.58 bits per heavy atom. The second-order valence-corrected chi connectivity index (χ2v) is 2.80. The largest absolute Gasteiger partial charge is 0.396 e. The van der Waals surface area contributed by atoms with Crippen LogP contribution in [0.5, 0.6) is 0 Å². The van der Waals surface area contributed by atoms with Gasteiger partial charge in [-0.3, -0.25) is 4.79 Å². The lowest BCUT2D eigenvalue weighted by Crippen LogP contribution is -2.39. The van der Waals surface area contributed by atoms with Crippen molar-refractivity contribution in [2.75, 3.05) is 13.7 Å². The zero-order valence-electron chi connectivity index (χ0n) is 7.83. The van der Waals surface area contributed by atoms with Crippen LogP contribution in [0.2, 0.25) is 0 Å². The number of nitrogens with one attached hydrogen (secondary N) is 1. The molecule has 2 atom stereocenters. The van der Waals surface area contributed by atoms with Gasteiger partial charge < -0.3 is 15.2 Å². The number of aliphatic hydroxyl groups is 1. The highest BCUT2D eigenvalue weighted by atomic mass is 16.5. The fourth-order valence-electron chi connectivity index (χ4n) is 0.733. The van der Waals surface area contributed by atoms with E-state index in [1.54, 1.807) is 6.92 Å². The Morgan fingerprint density at radius 1 is 1.58 bits per heavy atom. The van der Waals surface area contributed by atoms with Crippen molar-refractivity contribution in [3.63, 3.8) is 0 Å². The van der Waals surface area contributed by atoms with Crippen LogP contribution in [-0.4, -0.2) is 36.9 Å². The van der Waals surface area contributed by atoms with E-state index in [0.29, 0.717) is 6.42 Å². The number of amides is 1. The molecule has 72 valence electrons. The van der Waals surface area contributed by atoms with Crippen LogP contribution in [0.4, 0.5) is 0 Å². The zero-order valence-corrected chi connectivity index (χ0v) is 7.83. The van der Waals surface area contributed by atoms with Gasteiger partial charge >= 0.3 is 0 Å². The topological polar surface area (TPSA) is 58.6 Å². The Labute approximate surface area is 72.9 Å². The molecule has 1 amide bonds. The summed E-state index contributed by atoms with van der Waals surface area (Å²) in [6, 6.07) is 0.0000926. The van der Waals surface area contributed by atoms with E-state index < -0.39 is 6.10 Å². The predicted octanol–water partition coefficient (Wildman–Crippen LogP) is -0.0916. The first-order valence-corrected chi connectivity index (χ1v) is 4.05. The number of ether oxygens (including phenoxy) is 1. The van der Waals surface area contributed by atoms with Crippen LogP contribution in [0.3, 0.4) is 0 Å². The fourth-order valence-corrected chi connectivity index (χ4v) is 0.733. The molecule has 4 heteroatoms. The van der Waals surface area contributed by atoms with E-state index in [9.17, 15) is 4.79 Å². The number of hydrogen-bond acceptors (Lipinski definition) is 3. The van der Waals surface area contributed by atoms with Gasteiger partial charge in [-0.1, -0.05) is 0 Å². The van der Waals surface area contributed by atoms with E-state index in [1.807, 2.05) is 6.92 Å². The third kappa shape index (κ3) is 4.31. The summed E-state index contributed by atoms with van der Waals surface area (Å²) in [5.41, 5.74) is 0. The van der Waals surface area contributed by atoms with Crippen LogP contribution >= 0.6 is 0 Å². The van der Waals surface area contributed by atoms with Crippen LogP contribution in [0.25, 0.3) is 0 Å². The summed E-state index contributed by atoms with van der Waals surface area (Å²) in [6.07, 6.45) is 0.147. The summed E-state index contributed by atoms with van der Waals surface area (Å²) in [4.78, 5) is 11.1. The maximum absolute atomic E-state index is 11.1. The van der Waals surface area contributed by atoms with Crippen molar-refractivity contribution in [2.45, 2.75) is 32.4 Å². The van der Waals surface area contributed by atoms with Crippen LogP contribution in [-0.2, 0) is 9.53 Å². The molecule has 0 heterocycles. The number of carbonyl (C=O) groups is 1. The first-order chi connectivity index (χ1) is 5.61. The monoisotopic (exact) mass is 175 g/mol. The zero-order chi connectivity index (χ0) is 9.56. The Kier molecular flexibility index (Phi) is 5.66. The maximum atomic E-state index is 11.1. The van der Waals surface area contributed by atoms with Gasteiger partial charge in [0.2, 0.25) is 5.91 Å². The number of aliphatic hydroxyl groups excluding tert-OH is 1. The van der Waals surface area contributed by atoms with Crippen LogP contribution in [0.15, 0.2) is 0 Å². The van der Waals surface area contributed by atoms with Gasteiger partial charge in [0.15, 0.2) is 0 Å². The number of methoxy groups -OCH3 is 1. The second kappa shape index (κ2) is 5.97. The summed E-state index contributed by atoms with van der Waals surface area (Å²) in [7, 11) is 1.49. The van der Waals surface area contributed by atoms with E-state index in [-0.39, 0.29) is 18.6 Å². The average Bonchev–Trinajstić information content (AvgIpc) is 2.03. The molecule has 0 aromatic heterocycles. The summed E-state index contributed by atoms with van der Waals surface area (Å²) in [6.45, 7) is 3.61. The van der Waals surface area contributed by atoms with Gasteiger partial charge in [0.25, 0.3) is 0 Å². The van der Waals surface area contributed by atoms with Crippen LogP contribution < -0.4 is 5.32 Å². The minimum absolute atomic E-state index is 0.0000926. The molecule has 2 N–H and O–H groups in total. The van der Waals surface area contributed by atoms with E-state index in [4.69, 9.17) is 9.84 Å². The summed E-state index contributed by atoms with van der Waals surface area (Å²) in [5.74, 6) is -0.140. The van der Waals surface area contributed by atoms with Crippen molar-refractivity contribution < 1.29 is 14.6 Å². The predicted molar refractivity (Wildman–Crippen MR) is 45.8 cm³/mol. The second-order valence-electron chi connectivity index (χ2n) is 2.80. The Balaban J connectivity index is 3.67. The third-order valence-electron chi connectivity index (χ3n) is 1.67. The lowest BCUT2D eigenvalue weighted by Gasteiger charge is -2.15. The highest BCUT2D eigenvalue weighted by molar-refractivity contribution is 5.80. The van der Waals surface area contributed by atoms with Gasteiger partial charge in [-0.2, -0.15) is 0 Å². The molecule has 0 bridgehead atoms. The average molecular weight is 175 g/mol. The Hall–Kier alpha value is -0.610. The summed E-state index contributed by atoms with van der Waals surface area (Å²) in [5, 5.41) is 11.3. The van der Waals surface area contributed by atoms with Gasteiger partial charge in [-0.15, -0.1) is 0 Å². The maximum Gasteiger partial charge on any atom is 0.249 e. The quantitative estimate of drug-likeness (QED) is 0.614. The van der Waals surface area contributed by atoms with Crippen molar-refractivity contribution in [2.24, 2.45) is 0 Å². The normalized spacial score (nSPS) is 15.3. The van der Waals surface area contributed by atoms with E-state index in [2.05, 4.69) is 5.32 Å². The van der Waals surface area contributed by atoms with Gasteiger partial charge in [0.05, 0.1) is 0 Å². The molecular weight excluding hydrogens is 158 g/mol. The molecule has 0 aromatic carbocycles. The fraction of sp³-hybridized carbons (Fsp3) is 0.875. The first-order valence-electron chi connectivity index (χ1n) is 4.05. The minimum Gasteiger partial charge on any atom is -0.396 e. The van der Waals surface area contributed by atoms with Crippen molar-refractivity contribution in [3.05, 3.63) is 0 Å². The highest BCUT2D eigenvalue weighted by Gasteiger charge is 2.13. The smallest absolute Gasteiger partial charge is 0.249 e. The molecule has 2 unspecified atom stereocenters. The van der Waals surface area contributed by atoms with Crippen molar-refractivity contribution in [3.8, 4) is 0 Å². The molecule has 12 heavy (non-hydrogen) atoms. The SMILES string of the molecule is COC(C)C(=O)NC(C)CCO. The van der Waals surface area contributed by atoms with Gasteiger partial charge in [0.1, 0.15) is 6.10 Å². The molecule has 4 nitrogen and oxygen atoms in total. The van der Waals surface area contributed by atoms with E-state index >= 15 is 0 Å². The summed E-state index contributed by atoms with van der Waals surface area (Å²) >= 11 is 0. The Bertz CT molecular complexity index is 138. The molecule has 0 aliphatic heterocycles. The molecule has 0 aromatic rings. The number of rotatable bonds is 5. The highest BCUT2D eigenvalue weighted by Crippen LogP contribution is 1.92. The molecule has 0 saturated carbocycles. The molecule has 0 spiro atoms. The van der Waals surface area contributed by atoms with Crippen molar-refractivity contribution in [1.29, 1.82) is 0 Å². The van der Waals surface area contributed by atoms with Crippen molar-refractivity contribution in [1.82, 2.24) is 5.32 Å². The third-order valence-corrected chi connectivity index (χ3v) is 1.67. The van der Waals surface area contributed by atoms with Crippen LogP contribution in [0.1, 0.15) is 20.3 Å². The minimum atomic E-state index is -0.425. The number of carbonyl (C=O) groups excluding carboxylic acids is 1. The molecule has 0 rings (SSSR count). The molecule has 0 saturated heterocycles. The molecule has 0 aliphatic carbocycles. The van der Waals surface area contributed by atoms with Gasteiger partial charge in [-0.05, 0) is 20.3 Å². The Morgan fingerprint density at radius 2 is 2.17 bits per heavy atom. The van der Waals surface area contributed by atoms with Gasteiger partial charge in [0, 0.05) is 19.8 Å². The molecular formula is C8H17NO3. The molecule has 0 aliphatic rings. The first kappa shape index (κ1) is 11.4. The van der Waals surface area contributed by atoms with Crippen LogP contribution in [0, 0.1) is 0 Å². The lowest BCUT2D eigenvalue weighted by molar-refractivity contribution is -0.130. The van der Waals surface area contributed by atoms with E-state index in [0.717, 1.165) is 0 Å². The molecule has 0 fully saturated rings. The summed E-state index contributed by atoms with van der Waals surface area (Å²) < 4.78 is 4.82. The lowest BCUT2D eigenvalue weighted by atomic mass is 10.2. The van der Waals surface area contributed by atoms with Crippen molar-refractivity contribution >= 4 is 5.91 Å². The standard InChI is InChI=1S/C8H17NO3/c1-6(4-5-10)9-8(11)7(2)12-3/h6-7,10H,4-5H2,1-3H3,(H,9,11). The number of hydrogen-bond donors (Lipinski definition) is 2. The van der Waals surface area contributed by atoms with Gasteiger partial charge in [-0.25, -0.2) is 0 Å². The molecule has 0 radical (unpaired) electrons. The van der Waals surface area contributed by atoms with E-state index in [1.165, 1.54) is 7.11 Å².